The topological polar surface area (TPSA) is 38.7 Å². The molecule has 140 valence electrons. The zero-order valence-electron chi connectivity index (χ0n) is 15.2. The first-order chi connectivity index (χ1) is 12.2. The van der Waals surface area contributed by atoms with Crippen LogP contribution in [0, 0.1) is 0 Å². The molecule has 0 radical (unpaired) electrons. The van der Waals surface area contributed by atoms with Crippen LogP contribution in [-0.2, 0) is 9.47 Å². The van der Waals surface area contributed by atoms with Gasteiger partial charge in [-0.25, -0.2) is 0 Å². The Balaban J connectivity index is 2.02. The fourth-order valence-electron chi connectivity index (χ4n) is 2.85. The lowest BCUT2D eigenvalue weighted by atomic mass is 10.1. The molecule has 1 aliphatic heterocycles. The van der Waals surface area contributed by atoms with E-state index >= 15 is 0 Å². The minimum absolute atomic E-state index is 0.0729. The summed E-state index contributed by atoms with van der Waals surface area (Å²) in [5.41, 5.74) is 1.20. The standard InChI is InChI=1S/C20H30O3S2/c1-3-22-19(23-4-2)15-18(21)16-20(24-13-8-14-25-20)12-11-17-9-6-5-7-10-17/h5-7,9-12,18-19,21H,3-4,8,13-16H2,1-2H3/b12-11+/t18-/m0/s1. The van der Waals surface area contributed by atoms with Gasteiger partial charge in [0.25, 0.3) is 0 Å². The van der Waals surface area contributed by atoms with Crippen LogP contribution in [0.1, 0.15) is 38.7 Å². The van der Waals surface area contributed by atoms with Gasteiger partial charge in [-0.2, -0.15) is 0 Å². The van der Waals surface area contributed by atoms with Crippen LogP contribution >= 0.6 is 23.5 Å². The Hall–Kier alpha value is -0.460. The maximum Gasteiger partial charge on any atom is 0.160 e. The second-order valence-corrected chi connectivity index (χ2v) is 9.15. The van der Waals surface area contributed by atoms with Crippen molar-refractivity contribution in [3.63, 3.8) is 0 Å². The number of benzene rings is 1. The number of ether oxygens (including phenoxy) is 2. The Labute approximate surface area is 160 Å². The van der Waals surface area contributed by atoms with Crippen LogP contribution in [0.15, 0.2) is 36.4 Å². The van der Waals surface area contributed by atoms with Crippen LogP contribution in [0.25, 0.3) is 6.08 Å². The summed E-state index contributed by atoms with van der Waals surface area (Å²) in [5.74, 6) is 2.28. The highest BCUT2D eigenvalue weighted by molar-refractivity contribution is 8.19. The monoisotopic (exact) mass is 382 g/mol. The first-order valence-electron chi connectivity index (χ1n) is 9.11. The van der Waals surface area contributed by atoms with E-state index in [1.54, 1.807) is 0 Å². The molecule has 1 atom stereocenters. The molecule has 1 aromatic rings. The lowest BCUT2D eigenvalue weighted by Gasteiger charge is -2.35. The highest BCUT2D eigenvalue weighted by Gasteiger charge is 2.34. The summed E-state index contributed by atoms with van der Waals surface area (Å²) in [7, 11) is 0. The largest absolute Gasteiger partial charge is 0.393 e. The number of aliphatic hydroxyl groups is 1. The fourth-order valence-corrected chi connectivity index (χ4v) is 6.08. The summed E-state index contributed by atoms with van der Waals surface area (Å²) in [6.45, 7) is 5.10. The van der Waals surface area contributed by atoms with Gasteiger partial charge in [-0.1, -0.05) is 42.5 Å². The third-order valence-electron chi connectivity index (χ3n) is 4.00. The third kappa shape index (κ3) is 7.35. The van der Waals surface area contributed by atoms with Crippen molar-refractivity contribution in [1.29, 1.82) is 0 Å². The average Bonchev–Trinajstić information content (AvgIpc) is 2.62. The van der Waals surface area contributed by atoms with Crippen LogP contribution in [0.2, 0.25) is 0 Å². The third-order valence-corrected chi connectivity index (χ3v) is 7.28. The van der Waals surface area contributed by atoms with Crippen molar-refractivity contribution in [3.05, 3.63) is 42.0 Å². The molecule has 0 aliphatic carbocycles. The molecule has 5 heteroatoms. The predicted octanol–water partition coefficient (Wildman–Crippen LogP) is 4.81. The molecule has 1 aromatic carbocycles. The van der Waals surface area contributed by atoms with E-state index < -0.39 is 6.10 Å². The van der Waals surface area contributed by atoms with Gasteiger partial charge in [0.1, 0.15) is 0 Å². The van der Waals surface area contributed by atoms with Gasteiger partial charge in [0.15, 0.2) is 6.29 Å². The lowest BCUT2D eigenvalue weighted by molar-refractivity contribution is -0.152. The van der Waals surface area contributed by atoms with Crippen molar-refractivity contribution in [2.24, 2.45) is 0 Å². The van der Waals surface area contributed by atoms with Gasteiger partial charge in [-0.3, -0.25) is 0 Å². The van der Waals surface area contributed by atoms with E-state index in [1.165, 1.54) is 12.0 Å². The molecule has 0 amide bonds. The van der Waals surface area contributed by atoms with Crippen LogP contribution in [-0.4, -0.2) is 46.3 Å². The zero-order chi connectivity index (χ0) is 18.0. The Bertz CT molecular complexity index is 495. The fraction of sp³-hybridized carbons (Fsp3) is 0.600. The number of thioether (sulfide) groups is 2. The Kier molecular flexibility index (Phi) is 9.42. The van der Waals surface area contributed by atoms with Gasteiger partial charge in [-0.15, -0.1) is 23.5 Å². The minimum Gasteiger partial charge on any atom is -0.393 e. The van der Waals surface area contributed by atoms with Crippen molar-refractivity contribution < 1.29 is 14.6 Å². The Morgan fingerprint density at radius 2 is 1.76 bits per heavy atom. The molecule has 0 aromatic heterocycles. The van der Waals surface area contributed by atoms with E-state index in [2.05, 4.69) is 36.4 Å². The molecule has 1 aliphatic rings. The summed E-state index contributed by atoms with van der Waals surface area (Å²) in [6, 6.07) is 10.4. The Morgan fingerprint density at radius 1 is 1.12 bits per heavy atom. The summed E-state index contributed by atoms with van der Waals surface area (Å²) >= 11 is 3.89. The van der Waals surface area contributed by atoms with Crippen molar-refractivity contribution in [3.8, 4) is 0 Å². The molecule has 0 bridgehead atoms. The molecule has 1 N–H and O–H groups in total. The molecule has 25 heavy (non-hydrogen) atoms. The molecule has 0 spiro atoms. The summed E-state index contributed by atoms with van der Waals surface area (Å²) in [4.78, 5) is 0. The molecule has 1 saturated heterocycles. The summed E-state index contributed by atoms with van der Waals surface area (Å²) < 4.78 is 11.1. The zero-order valence-corrected chi connectivity index (χ0v) is 16.9. The van der Waals surface area contributed by atoms with Crippen molar-refractivity contribution in [2.75, 3.05) is 24.7 Å². The van der Waals surface area contributed by atoms with Gasteiger partial charge >= 0.3 is 0 Å². The van der Waals surface area contributed by atoms with E-state index in [0.29, 0.717) is 26.1 Å². The van der Waals surface area contributed by atoms with Crippen molar-refractivity contribution in [1.82, 2.24) is 0 Å². The van der Waals surface area contributed by atoms with Gasteiger partial charge < -0.3 is 14.6 Å². The highest BCUT2D eigenvalue weighted by Crippen LogP contribution is 2.47. The molecule has 3 nitrogen and oxygen atoms in total. The maximum atomic E-state index is 10.7. The lowest BCUT2D eigenvalue weighted by Crippen LogP contribution is -2.32. The second kappa shape index (κ2) is 11.3. The van der Waals surface area contributed by atoms with Gasteiger partial charge in [0.05, 0.1) is 10.2 Å². The van der Waals surface area contributed by atoms with Crippen LogP contribution in [0.3, 0.4) is 0 Å². The summed E-state index contributed by atoms with van der Waals surface area (Å²) in [5, 5.41) is 10.7. The van der Waals surface area contributed by atoms with Gasteiger partial charge in [0.2, 0.25) is 0 Å². The molecule has 0 unspecified atom stereocenters. The van der Waals surface area contributed by atoms with Crippen molar-refractivity contribution in [2.45, 2.75) is 49.6 Å². The molecular weight excluding hydrogens is 352 g/mol. The van der Waals surface area contributed by atoms with E-state index in [9.17, 15) is 5.11 Å². The number of rotatable bonds is 10. The smallest absolute Gasteiger partial charge is 0.160 e. The molecule has 0 saturated carbocycles. The van der Waals surface area contributed by atoms with Crippen molar-refractivity contribution >= 4 is 29.6 Å². The van der Waals surface area contributed by atoms with E-state index in [4.69, 9.17) is 9.47 Å². The number of aliphatic hydroxyl groups excluding tert-OH is 1. The normalized spacial score (nSPS) is 18.7. The first kappa shape index (κ1) is 20.8. The number of hydrogen-bond donors (Lipinski definition) is 1. The van der Waals surface area contributed by atoms with E-state index in [0.717, 1.165) is 11.5 Å². The quantitative estimate of drug-likeness (QED) is 0.588. The van der Waals surface area contributed by atoms with Crippen LogP contribution in [0.4, 0.5) is 0 Å². The Morgan fingerprint density at radius 3 is 2.36 bits per heavy atom. The van der Waals surface area contributed by atoms with E-state index in [1.807, 2.05) is 43.4 Å². The van der Waals surface area contributed by atoms with Gasteiger partial charge in [-0.05, 0) is 37.3 Å². The molecule has 2 rings (SSSR count). The van der Waals surface area contributed by atoms with E-state index in [-0.39, 0.29) is 10.4 Å². The van der Waals surface area contributed by atoms with Crippen LogP contribution in [0.5, 0.6) is 0 Å². The predicted molar refractivity (Wildman–Crippen MR) is 110 cm³/mol. The molecular formula is C20H30O3S2. The molecule has 1 fully saturated rings. The highest BCUT2D eigenvalue weighted by atomic mass is 32.2. The second-order valence-electron chi connectivity index (χ2n) is 6.04. The van der Waals surface area contributed by atoms with Gasteiger partial charge in [0, 0.05) is 26.1 Å². The molecule has 1 heterocycles. The summed E-state index contributed by atoms with van der Waals surface area (Å²) in [6.07, 6.45) is 6.15. The SMILES string of the molecule is CCOC(C[C@H](O)CC1(/C=C/c2ccccc2)SCCCS1)OCC. The van der Waals surface area contributed by atoms with Crippen LogP contribution < -0.4 is 0 Å². The average molecular weight is 383 g/mol. The maximum absolute atomic E-state index is 10.7. The minimum atomic E-state index is -0.443. The number of hydrogen-bond acceptors (Lipinski definition) is 5. The first-order valence-corrected chi connectivity index (χ1v) is 11.1.